The predicted molar refractivity (Wildman–Crippen MR) is 61.3 cm³/mol. The van der Waals surface area contributed by atoms with Gasteiger partial charge in [0.25, 0.3) is 0 Å². The molecule has 3 heteroatoms. The highest BCUT2D eigenvalue weighted by molar-refractivity contribution is 5.78. The van der Waals surface area contributed by atoms with E-state index in [0.717, 1.165) is 13.0 Å². The molecule has 0 amide bonds. The first kappa shape index (κ1) is 11.3. The highest BCUT2D eigenvalue weighted by Gasteiger charge is 2.35. The Kier molecular flexibility index (Phi) is 3.78. The van der Waals surface area contributed by atoms with Crippen LogP contribution in [-0.4, -0.2) is 18.0 Å². The highest BCUT2D eigenvalue weighted by atomic mass is 15.1. The Labute approximate surface area is 87.2 Å². The molecule has 3 nitrogen and oxygen atoms in total. The maximum Gasteiger partial charge on any atom is 0.189 e. The molecule has 1 aliphatic rings. The average Bonchev–Trinajstić information content (AvgIpc) is 2.08. The lowest BCUT2D eigenvalue weighted by molar-refractivity contribution is 0.209. The lowest BCUT2D eigenvalue weighted by Gasteiger charge is -2.42. The fraction of sp³-hybridized carbons (Fsp3) is 0.909. The molecule has 0 unspecified atom stereocenters. The van der Waals surface area contributed by atoms with E-state index in [2.05, 4.69) is 31.1 Å². The Morgan fingerprint density at radius 1 is 1.50 bits per heavy atom. The summed E-state index contributed by atoms with van der Waals surface area (Å²) in [5.74, 6) is 1.20. The molecule has 0 spiro atoms. The van der Waals surface area contributed by atoms with Crippen LogP contribution in [-0.2, 0) is 0 Å². The summed E-state index contributed by atoms with van der Waals surface area (Å²) < 4.78 is 0. The topological polar surface area (TPSA) is 50.4 Å². The van der Waals surface area contributed by atoms with Crippen molar-refractivity contribution in [3.05, 3.63) is 0 Å². The Bertz CT molecular complexity index is 199. The van der Waals surface area contributed by atoms with Crippen LogP contribution in [0.4, 0.5) is 0 Å². The molecule has 0 heterocycles. The molecule has 0 saturated heterocycles. The zero-order chi connectivity index (χ0) is 10.6. The zero-order valence-electron chi connectivity index (χ0n) is 9.64. The molecule has 14 heavy (non-hydrogen) atoms. The van der Waals surface area contributed by atoms with Crippen LogP contribution < -0.4 is 11.1 Å². The molecule has 0 aromatic rings. The van der Waals surface area contributed by atoms with Crippen molar-refractivity contribution in [1.82, 2.24) is 5.32 Å². The maximum atomic E-state index is 5.83. The molecule has 1 fully saturated rings. The minimum Gasteiger partial charge on any atom is -0.370 e. The summed E-state index contributed by atoms with van der Waals surface area (Å²) in [4.78, 5) is 4.32. The van der Waals surface area contributed by atoms with E-state index in [1.165, 1.54) is 19.3 Å². The summed E-state index contributed by atoms with van der Waals surface area (Å²) >= 11 is 0. The second kappa shape index (κ2) is 4.67. The lowest BCUT2D eigenvalue weighted by atomic mass is 9.75. The van der Waals surface area contributed by atoms with Crippen LogP contribution in [0.15, 0.2) is 4.99 Å². The fourth-order valence-electron chi connectivity index (χ4n) is 1.76. The Morgan fingerprint density at radius 3 is 2.50 bits per heavy atom. The van der Waals surface area contributed by atoms with E-state index < -0.39 is 0 Å². The monoisotopic (exact) mass is 197 g/mol. The van der Waals surface area contributed by atoms with Gasteiger partial charge in [-0.15, -0.1) is 0 Å². The molecule has 0 aromatic heterocycles. The number of nitrogens with zero attached hydrogens (tertiary/aromatic N) is 1. The van der Waals surface area contributed by atoms with E-state index in [1.807, 2.05) is 0 Å². The third-order valence-corrected chi connectivity index (χ3v) is 3.01. The van der Waals surface area contributed by atoms with Crippen molar-refractivity contribution < 1.29 is 0 Å². The van der Waals surface area contributed by atoms with Crippen LogP contribution in [0.2, 0.25) is 0 Å². The summed E-state index contributed by atoms with van der Waals surface area (Å²) in [6.45, 7) is 7.33. The number of hydrogen-bond acceptors (Lipinski definition) is 1. The maximum absolute atomic E-state index is 5.83. The van der Waals surface area contributed by atoms with Gasteiger partial charge in [0.15, 0.2) is 5.96 Å². The second-order valence-corrected chi connectivity index (χ2v) is 4.73. The third kappa shape index (κ3) is 2.89. The van der Waals surface area contributed by atoms with Crippen molar-refractivity contribution in [3.8, 4) is 0 Å². The van der Waals surface area contributed by atoms with E-state index >= 15 is 0 Å². The molecule has 0 radical (unpaired) electrons. The molecule has 0 aliphatic heterocycles. The van der Waals surface area contributed by atoms with Gasteiger partial charge in [-0.2, -0.15) is 0 Å². The summed E-state index contributed by atoms with van der Waals surface area (Å²) in [7, 11) is 0. The van der Waals surface area contributed by atoms with E-state index in [4.69, 9.17) is 5.73 Å². The molecule has 0 atom stereocenters. The van der Waals surface area contributed by atoms with E-state index in [0.29, 0.717) is 11.9 Å². The van der Waals surface area contributed by atoms with Crippen LogP contribution >= 0.6 is 0 Å². The molecule has 3 N–H and O–H groups in total. The zero-order valence-corrected chi connectivity index (χ0v) is 9.64. The van der Waals surface area contributed by atoms with Crippen molar-refractivity contribution >= 4 is 5.96 Å². The van der Waals surface area contributed by atoms with Gasteiger partial charge in [-0.3, -0.25) is 4.99 Å². The van der Waals surface area contributed by atoms with Gasteiger partial charge in [0, 0.05) is 12.1 Å². The molecule has 1 saturated carbocycles. The molecule has 0 aromatic carbocycles. The molecule has 0 bridgehead atoms. The fourth-order valence-corrected chi connectivity index (χ4v) is 1.76. The van der Waals surface area contributed by atoms with E-state index in [9.17, 15) is 0 Å². The van der Waals surface area contributed by atoms with Gasteiger partial charge in [0.2, 0.25) is 0 Å². The minimum absolute atomic E-state index is 0.268. The largest absolute Gasteiger partial charge is 0.370 e. The van der Waals surface area contributed by atoms with Crippen LogP contribution in [0.5, 0.6) is 0 Å². The smallest absolute Gasteiger partial charge is 0.189 e. The predicted octanol–water partition coefficient (Wildman–Crippen LogP) is 1.88. The SMILES string of the molecule is CCC1(NC(N)=NCC(C)C)CCC1. The molecule has 82 valence electrons. The van der Waals surface area contributed by atoms with Gasteiger partial charge in [-0.25, -0.2) is 0 Å². The number of nitrogens with one attached hydrogen (secondary N) is 1. The van der Waals surface area contributed by atoms with Crippen molar-refractivity contribution in [2.75, 3.05) is 6.54 Å². The van der Waals surface area contributed by atoms with Crippen LogP contribution in [0.25, 0.3) is 0 Å². The second-order valence-electron chi connectivity index (χ2n) is 4.73. The van der Waals surface area contributed by atoms with Crippen molar-refractivity contribution in [2.24, 2.45) is 16.6 Å². The standard InChI is InChI=1S/C11H23N3/c1-4-11(6-5-7-11)14-10(12)13-8-9(2)3/h9H,4-8H2,1-3H3,(H3,12,13,14). The van der Waals surface area contributed by atoms with Gasteiger partial charge in [-0.05, 0) is 31.6 Å². The van der Waals surface area contributed by atoms with Crippen LogP contribution in [0.1, 0.15) is 46.5 Å². The number of guanidine groups is 1. The molecular formula is C11H23N3. The third-order valence-electron chi connectivity index (χ3n) is 3.01. The molecule has 1 rings (SSSR count). The summed E-state index contributed by atoms with van der Waals surface area (Å²) in [6.07, 6.45) is 4.94. The first-order chi connectivity index (χ1) is 6.58. The minimum atomic E-state index is 0.268. The van der Waals surface area contributed by atoms with E-state index in [-0.39, 0.29) is 5.54 Å². The summed E-state index contributed by atoms with van der Waals surface area (Å²) in [5.41, 5.74) is 6.10. The van der Waals surface area contributed by atoms with Gasteiger partial charge in [0.05, 0.1) is 0 Å². The first-order valence-electron chi connectivity index (χ1n) is 5.66. The number of hydrogen-bond donors (Lipinski definition) is 2. The van der Waals surface area contributed by atoms with Gasteiger partial charge < -0.3 is 11.1 Å². The lowest BCUT2D eigenvalue weighted by Crippen LogP contribution is -2.55. The Morgan fingerprint density at radius 2 is 2.14 bits per heavy atom. The normalized spacial score (nSPS) is 20.7. The Hall–Kier alpha value is -0.730. The molecular weight excluding hydrogens is 174 g/mol. The quantitative estimate of drug-likeness (QED) is 0.534. The van der Waals surface area contributed by atoms with Crippen molar-refractivity contribution in [1.29, 1.82) is 0 Å². The van der Waals surface area contributed by atoms with Crippen LogP contribution in [0, 0.1) is 5.92 Å². The number of nitrogens with two attached hydrogens (primary N) is 1. The van der Waals surface area contributed by atoms with Gasteiger partial charge >= 0.3 is 0 Å². The summed E-state index contributed by atoms with van der Waals surface area (Å²) in [6, 6.07) is 0. The number of aliphatic imine (C=N–C) groups is 1. The Balaban J connectivity index is 2.38. The highest BCUT2D eigenvalue weighted by Crippen LogP contribution is 2.34. The van der Waals surface area contributed by atoms with Gasteiger partial charge in [0.1, 0.15) is 0 Å². The summed E-state index contributed by atoms with van der Waals surface area (Å²) in [5, 5.41) is 3.36. The number of rotatable bonds is 4. The van der Waals surface area contributed by atoms with Gasteiger partial charge in [-0.1, -0.05) is 20.8 Å². The van der Waals surface area contributed by atoms with Crippen molar-refractivity contribution in [2.45, 2.75) is 52.0 Å². The van der Waals surface area contributed by atoms with Crippen LogP contribution in [0.3, 0.4) is 0 Å². The molecule has 1 aliphatic carbocycles. The van der Waals surface area contributed by atoms with Crippen molar-refractivity contribution in [3.63, 3.8) is 0 Å². The first-order valence-corrected chi connectivity index (χ1v) is 5.66. The van der Waals surface area contributed by atoms with E-state index in [1.54, 1.807) is 0 Å². The average molecular weight is 197 g/mol.